The Labute approximate surface area is 147 Å². The van der Waals surface area contributed by atoms with E-state index in [2.05, 4.69) is 40.3 Å². The summed E-state index contributed by atoms with van der Waals surface area (Å²) in [6.07, 6.45) is 4.78. The third-order valence-electron chi connectivity index (χ3n) is 4.94. The highest BCUT2D eigenvalue weighted by Crippen LogP contribution is 2.22. The van der Waals surface area contributed by atoms with Crippen LogP contribution >= 0.6 is 0 Å². The molecule has 0 unspecified atom stereocenters. The standard InChI is InChI=1S/C21H21N3O/c25-21(20-15-22-18-8-4-5-9-19(18)23-20)24-12-10-17(11-13-24)14-16-6-2-1-3-7-16/h1-9,15,17H,10-14H2. The van der Waals surface area contributed by atoms with Gasteiger partial charge in [0.2, 0.25) is 0 Å². The number of likely N-dealkylation sites (tertiary alicyclic amines) is 1. The van der Waals surface area contributed by atoms with Gasteiger partial charge in [-0.3, -0.25) is 9.78 Å². The molecule has 1 fully saturated rings. The second-order valence-electron chi connectivity index (χ2n) is 6.67. The SMILES string of the molecule is O=C(c1cnc2ccccc2n1)N1CCC(Cc2ccccc2)CC1. The molecule has 0 atom stereocenters. The van der Waals surface area contributed by atoms with Crippen LogP contribution in [0.3, 0.4) is 0 Å². The van der Waals surface area contributed by atoms with Gasteiger partial charge in [0.05, 0.1) is 17.2 Å². The fourth-order valence-corrected chi connectivity index (χ4v) is 3.51. The lowest BCUT2D eigenvalue weighted by Crippen LogP contribution is -2.39. The van der Waals surface area contributed by atoms with E-state index < -0.39 is 0 Å². The van der Waals surface area contributed by atoms with Crippen molar-refractivity contribution in [3.63, 3.8) is 0 Å². The van der Waals surface area contributed by atoms with Gasteiger partial charge in [0.25, 0.3) is 5.91 Å². The first-order valence-corrected chi connectivity index (χ1v) is 8.84. The van der Waals surface area contributed by atoms with Gasteiger partial charge in [-0.2, -0.15) is 0 Å². The maximum absolute atomic E-state index is 12.7. The molecular weight excluding hydrogens is 310 g/mol. The number of aromatic nitrogens is 2. The van der Waals surface area contributed by atoms with Gasteiger partial charge in [0.1, 0.15) is 5.69 Å². The van der Waals surface area contributed by atoms with Crippen molar-refractivity contribution in [3.8, 4) is 0 Å². The average molecular weight is 331 g/mol. The van der Waals surface area contributed by atoms with Gasteiger partial charge >= 0.3 is 0 Å². The maximum Gasteiger partial charge on any atom is 0.274 e. The highest BCUT2D eigenvalue weighted by molar-refractivity contribution is 5.93. The van der Waals surface area contributed by atoms with Crippen LogP contribution < -0.4 is 0 Å². The summed E-state index contributed by atoms with van der Waals surface area (Å²) in [5, 5.41) is 0. The molecule has 1 aliphatic rings. The summed E-state index contributed by atoms with van der Waals surface area (Å²) in [5.41, 5.74) is 3.42. The van der Waals surface area contributed by atoms with E-state index in [9.17, 15) is 4.79 Å². The van der Waals surface area contributed by atoms with Crippen LogP contribution in [0.2, 0.25) is 0 Å². The Morgan fingerprint density at radius 3 is 2.40 bits per heavy atom. The first-order valence-electron chi connectivity index (χ1n) is 8.84. The summed E-state index contributed by atoms with van der Waals surface area (Å²) >= 11 is 0. The Kier molecular flexibility index (Phi) is 4.42. The van der Waals surface area contributed by atoms with Crippen molar-refractivity contribution in [1.29, 1.82) is 0 Å². The highest BCUT2D eigenvalue weighted by atomic mass is 16.2. The molecule has 1 aromatic heterocycles. The molecule has 0 saturated carbocycles. The summed E-state index contributed by atoms with van der Waals surface area (Å²) in [4.78, 5) is 23.5. The Morgan fingerprint density at radius 2 is 1.64 bits per heavy atom. The third-order valence-corrected chi connectivity index (χ3v) is 4.94. The fourth-order valence-electron chi connectivity index (χ4n) is 3.51. The van der Waals surface area contributed by atoms with Crippen LogP contribution in [0.15, 0.2) is 60.8 Å². The maximum atomic E-state index is 12.7. The van der Waals surface area contributed by atoms with E-state index in [-0.39, 0.29) is 5.91 Å². The normalized spacial score (nSPS) is 15.4. The molecule has 0 radical (unpaired) electrons. The smallest absolute Gasteiger partial charge is 0.274 e. The molecule has 1 saturated heterocycles. The third kappa shape index (κ3) is 3.53. The van der Waals surface area contributed by atoms with E-state index in [1.54, 1.807) is 6.20 Å². The number of benzene rings is 2. The summed E-state index contributed by atoms with van der Waals surface area (Å²) in [5.74, 6) is 0.644. The lowest BCUT2D eigenvalue weighted by atomic mass is 9.90. The van der Waals surface area contributed by atoms with Crippen LogP contribution in [0.5, 0.6) is 0 Å². The van der Waals surface area contributed by atoms with Gasteiger partial charge in [-0.1, -0.05) is 42.5 Å². The van der Waals surface area contributed by atoms with Crippen LogP contribution in [0.1, 0.15) is 28.9 Å². The van der Waals surface area contributed by atoms with Gasteiger partial charge < -0.3 is 4.90 Å². The zero-order valence-electron chi connectivity index (χ0n) is 14.1. The molecule has 1 amide bonds. The Morgan fingerprint density at radius 1 is 0.960 bits per heavy atom. The topological polar surface area (TPSA) is 46.1 Å². The Balaban J connectivity index is 1.40. The van der Waals surface area contributed by atoms with Gasteiger partial charge in [0, 0.05) is 13.1 Å². The minimum Gasteiger partial charge on any atom is -0.337 e. The predicted octanol–water partition coefficient (Wildman–Crippen LogP) is 3.72. The van der Waals surface area contributed by atoms with Crippen LogP contribution in [0.4, 0.5) is 0 Å². The number of hydrogen-bond acceptors (Lipinski definition) is 3. The van der Waals surface area contributed by atoms with Crippen LogP contribution in [0.25, 0.3) is 11.0 Å². The second kappa shape index (κ2) is 7.01. The van der Waals surface area contributed by atoms with E-state index in [1.807, 2.05) is 29.2 Å². The monoisotopic (exact) mass is 331 g/mol. The first kappa shape index (κ1) is 15.8. The molecule has 2 heterocycles. The molecule has 0 N–H and O–H groups in total. The van der Waals surface area contributed by atoms with Crippen LogP contribution in [0, 0.1) is 5.92 Å². The summed E-state index contributed by atoms with van der Waals surface area (Å²) in [6.45, 7) is 1.59. The van der Waals surface area contributed by atoms with Crippen molar-refractivity contribution in [3.05, 3.63) is 72.1 Å². The van der Waals surface area contributed by atoms with Gasteiger partial charge in [-0.05, 0) is 42.9 Å². The number of carbonyl (C=O) groups excluding carboxylic acids is 1. The van der Waals surface area contributed by atoms with Gasteiger partial charge in [0.15, 0.2) is 0 Å². The minimum atomic E-state index is -0.00332. The molecular formula is C21H21N3O. The first-order chi connectivity index (χ1) is 12.3. The minimum absolute atomic E-state index is 0.00332. The van der Waals surface area contributed by atoms with E-state index in [0.29, 0.717) is 11.6 Å². The molecule has 25 heavy (non-hydrogen) atoms. The molecule has 3 aromatic rings. The molecule has 1 aliphatic heterocycles. The second-order valence-corrected chi connectivity index (χ2v) is 6.67. The number of piperidine rings is 1. The molecule has 4 nitrogen and oxygen atoms in total. The van der Waals surface area contributed by atoms with E-state index in [0.717, 1.165) is 43.4 Å². The number of amides is 1. The largest absolute Gasteiger partial charge is 0.337 e. The molecule has 0 aliphatic carbocycles. The number of fused-ring (bicyclic) bond motifs is 1. The van der Waals surface area contributed by atoms with Crippen LogP contribution in [-0.2, 0) is 6.42 Å². The van der Waals surface area contributed by atoms with Crippen molar-refractivity contribution in [1.82, 2.24) is 14.9 Å². The zero-order chi connectivity index (χ0) is 17.1. The van der Waals surface area contributed by atoms with E-state index in [1.165, 1.54) is 5.56 Å². The number of para-hydroxylation sites is 2. The van der Waals surface area contributed by atoms with Crippen molar-refractivity contribution in [2.45, 2.75) is 19.3 Å². The summed E-state index contributed by atoms with van der Waals surface area (Å²) in [7, 11) is 0. The Bertz CT molecular complexity index is 870. The predicted molar refractivity (Wildman–Crippen MR) is 98.3 cm³/mol. The van der Waals surface area contributed by atoms with E-state index in [4.69, 9.17) is 0 Å². The van der Waals surface area contributed by atoms with Crippen LogP contribution in [-0.4, -0.2) is 33.9 Å². The van der Waals surface area contributed by atoms with Crippen molar-refractivity contribution in [2.75, 3.05) is 13.1 Å². The lowest BCUT2D eigenvalue weighted by Gasteiger charge is -2.31. The van der Waals surface area contributed by atoms with Crippen molar-refractivity contribution >= 4 is 16.9 Å². The summed E-state index contributed by atoms with van der Waals surface area (Å²) in [6, 6.07) is 18.2. The lowest BCUT2D eigenvalue weighted by molar-refractivity contribution is 0.0684. The molecule has 4 heteroatoms. The average Bonchev–Trinajstić information content (AvgIpc) is 2.68. The summed E-state index contributed by atoms with van der Waals surface area (Å²) < 4.78 is 0. The van der Waals surface area contributed by atoms with E-state index >= 15 is 0 Å². The van der Waals surface area contributed by atoms with Gasteiger partial charge in [-0.25, -0.2) is 4.98 Å². The zero-order valence-corrected chi connectivity index (χ0v) is 14.1. The fraction of sp³-hybridized carbons (Fsp3) is 0.286. The highest BCUT2D eigenvalue weighted by Gasteiger charge is 2.24. The number of rotatable bonds is 3. The Hall–Kier alpha value is -2.75. The van der Waals surface area contributed by atoms with Crippen molar-refractivity contribution < 1.29 is 4.79 Å². The quantitative estimate of drug-likeness (QED) is 0.735. The molecule has 0 spiro atoms. The van der Waals surface area contributed by atoms with Gasteiger partial charge in [-0.15, -0.1) is 0 Å². The molecule has 2 aromatic carbocycles. The molecule has 126 valence electrons. The number of carbonyl (C=O) groups is 1. The molecule has 0 bridgehead atoms. The number of hydrogen-bond donors (Lipinski definition) is 0. The number of nitrogens with zero attached hydrogens (tertiary/aromatic N) is 3. The molecule has 4 rings (SSSR count). The van der Waals surface area contributed by atoms with Crippen molar-refractivity contribution in [2.24, 2.45) is 5.92 Å².